The zero-order valence-electron chi connectivity index (χ0n) is 24.1. The molecule has 45 heavy (non-hydrogen) atoms. The number of nitrogens with zero attached hydrogens (tertiary/aromatic N) is 3. The van der Waals surface area contributed by atoms with Gasteiger partial charge in [-0.3, -0.25) is 29.3 Å². The van der Waals surface area contributed by atoms with Crippen LogP contribution >= 0.6 is 0 Å². The SMILES string of the molecule is Cc1ccc(C(=O)Oc2ccc(C(=O)CN(C(=O)c3ccc([N+](=O)[O-])cc3)N3C(=O)[C@@H]4[C@H]5C=C[C@@H]([C@@H]6C[C@H]56)[C@@H]4C3=O)cc2)cc1. The molecule has 11 nitrogen and oxygen atoms in total. The van der Waals surface area contributed by atoms with Gasteiger partial charge in [0, 0.05) is 23.3 Å². The third kappa shape index (κ3) is 4.80. The van der Waals surface area contributed by atoms with Gasteiger partial charge in [-0.05, 0) is 85.5 Å². The van der Waals surface area contributed by atoms with Gasteiger partial charge >= 0.3 is 5.97 Å². The van der Waals surface area contributed by atoms with E-state index in [4.69, 9.17) is 4.74 Å². The zero-order valence-corrected chi connectivity index (χ0v) is 24.1. The number of amides is 3. The van der Waals surface area contributed by atoms with E-state index in [1.54, 1.807) is 24.3 Å². The molecule has 0 radical (unpaired) electrons. The number of ketones is 1. The summed E-state index contributed by atoms with van der Waals surface area (Å²) in [4.78, 5) is 78.2. The van der Waals surface area contributed by atoms with E-state index in [0.29, 0.717) is 17.4 Å². The summed E-state index contributed by atoms with van der Waals surface area (Å²) in [5, 5.41) is 12.8. The number of ether oxygens (including phenoxy) is 1. The lowest BCUT2D eigenvalue weighted by molar-refractivity contribution is -0.384. The monoisotopic (exact) mass is 605 g/mol. The molecule has 3 amide bonds. The van der Waals surface area contributed by atoms with Crippen molar-refractivity contribution < 1.29 is 33.6 Å². The minimum atomic E-state index is -0.812. The fourth-order valence-corrected chi connectivity index (χ4v) is 7.08. The predicted octanol–water partition coefficient (Wildman–Crippen LogP) is 4.42. The molecule has 3 fully saturated rings. The molecule has 1 aliphatic heterocycles. The van der Waals surface area contributed by atoms with Crippen LogP contribution in [-0.4, -0.2) is 51.0 Å². The van der Waals surface area contributed by atoms with E-state index in [1.807, 2.05) is 19.1 Å². The van der Waals surface area contributed by atoms with Crippen LogP contribution in [0.25, 0.3) is 0 Å². The minimum absolute atomic E-state index is 0.0221. The van der Waals surface area contributed by atoms with Crippen molar-refractivity contribution in [2.75, 3.05) is 6.54 Å². The van der Waals surface area contributed by atoms with Crippen LogP contribution in [0.2, 0.25) is 0 Å². The highest BCUT2D eigenvalue weighted by atomic mass is 16.6. The number of benzene rings is 3. The first-order valence-corrected chi connectivity index (χ1v) is 14.7. The Balaban J connectivity index is 1.14. The Labute approximate surface area is 257 Å². The number of hydrogen-bond acceptors (Lipinski definition) is 8. The Morgan fingerprint density at radius 1 is 0.822 bits per heavy atom. The second-order valence-electron chi connectivity index (χ2n) is 12.0. The van der Waals surface area contributed by atoms with Gasteiger partial charge < -0.3 is 4.74 Å². The van der Waals surface area contributed by atoms with Crippen LogP contribution in [0.4, 0.5) is 5.69 Å². The van der Waals surface area contributed by atoms with Crippen LogP contribution < -0.4 is 4.74 Å². The predicted molar refractivity (Wildman–Crippen MR) is 158 cm³/mol. The number of nitro benzene ring substituents is 1. The number of hydrogen-bond donors (Lipinski definition) is 0. The Kier molecular flexibility index (Phi) is 6.68. The van der Waals surface area contributed by atoms with E-state index < -0.39 is 52.8 Å². The Morgan fingerprint density at radius 2 is 1.36 bits per heavy atom. The average molecular weight is 606 g/mol. The average Bonchev–Trinajstić information content (AvgIpc) is 3.83. The fourth-order valence-electron chi connectivity index (χ4n) is 7.08. The second-order valence-corrected chi connectivity index (χ2v) is 12.0. The maximum atomic E-state index is 13.9. The lowest BCUT2D eigenvalue weighted by Gasteiger charge is -2.37. The molecule has 3 aromatic rings. The largest absolute Gasteiger partial charge is 0.423 e. The van der Waals surface area contributed by atoms with E-state index in [-0.39, 0.29) is 34.4 Å². The number of imide groups is 1. The topological polar surface area (TPSA) is 144 Å². The molecule has 0 aromatic heterocycles. The van der Waals surface area contributed by atoms with Gasteiger partial charge in [0.15, 0.2) is 5.78 Å². The number of rotatable bonds is 8. The molecule has 2 saturated carbocycles. The number of Topliss-reactive ketones (excluding diaryl/α,β-unsaturated/α-hetero) is 1. The third-order valence-corrected chi connectivity index (χ3v) is 9.41. The van der Waals surface area contributed by atoms with Crippen molar-refractivity contribution in [2.24, 2.45) is 35.5 Å². The Bertz CT molecular complexity index is 1760. The molecule has 0 unspecified atom stereocenters. The smallest absolute Gasteiger partial charge is 0.343 e. The van der Waals surface area contributed by atoms with Crippen molar-refractivity contribution in [2.45, 2.75) is 13.3 Å². The molecule has 3 aromatic carbocycles. The van der Waals surface area contributed by atoms with Gasteiger partial charge in [-0.25, -0.2) is 9.80 Å². The first kappa shape index (κ1) is 28.3. The summed E-state index contributed by atoms with van der Waals surface area (Å²) >= 11 is 0. The molecule has 6 atom stereocenters. The normalized spacial score (nSPS) is 25.4. The summed E-state index contributed by atoms with van der Waals surface area (Å²) in [5.41, 5.74) is 1.26. The van der Waals surface area contributed by atoms with Gasteiger partial charge in [0.2, 0.25) is 0 Å². The number of allylic oxidation sites excluding steroid dienone is 2. The highest BCUT2D eigenvalue weighted by Gasteiger charge is 2.68. The molecule has 4 aliphatic carbocycles. The number of carbonyl (C=O) groups is 5. The maximum Gasteiger partial charge on any atom is 0.343 e. The molecule has 0 N–H and O–H groups in total. The summed E-state index contributed by atoms with van der Waals surface area (Å²) in [6.45, 7) is 1.27. The summed E-state index contributed by atoms with van der Waals surface area (Å²) < 4.78 is 5.41. The third-order valence-electron chi connectivity index (χ3n) is 9.41. The number of hydrazine groups is 1. The van der Waals surface area contributed by atoms with E-state index >= 15 is 0 Å². The molecule has 5 aliphatic rings. The van der Waals surface area contributed by atoms with E-state index in [1.165, 1.54) is 36.4 Å². The summed E-state index contributed by atoms with van der Waals surface area (Å²) in [6, 6.07) is 17.4. The van der Waals surface area contributed by atoms with Crippen molar-refractivity contribution in [3.63, 3.8) is 0 Å². The van der Waals surface area contributed by atoms with Crippen molar-refractivity contribution in [3.8, 4) is 5.75 Å². The number of nitro groups is 1. The van der Waals surface area contributed by atoms with Crippen molar-refractivity contribution >= 4 is 35.2 Å². The first-order valence-electron chi connectivity index (χ1n) is 14.7. The first-order chi connectivity index (χ1) is 21.6. The van der Waals surface area contributed by atoms with Gasteiger partial charge in [-0.1, -0.05) is 29.8 Å². The number of aryl methyl sites for hydroxylation is 1. The van der Waals surface area contributed by atoms with Crippen molar-refractivity contribution in [3.05, 3.63) is 117 Å². The standard InChI is InChI=1S/C34H27N3O8/c1-18-2-4-21(5-3-18)34(42)45-23-12-8-19(9-13-23)28(38)17-35(31(39)20-6-10-22(11-7-20)37(43)44)36-32(40)29-24-14-15-25(27-16-26(24)27)30(29)33(36)41/h2-15,24-27,29-30H,16-17H2,1H3/t24-,25-,26-,27+,29-,30+/m0/s1. The Morgan fingerprint density at radius 3 is 1.91 bits per heavy atom. The van der Waals surface area contributed by atoms with Crippen molar-refractivity contribution in [1.29, 1.82) is 0 Å². The van der Waals surface area contributed by atoms with E-state index in [9.17, 15) is 34.1 Å². The summed E-state index contributed by atoms with van der Waals surface area (Å²) in [7, 11) is 0. The number of esters is 1. The quantitative estimate of drug-likeness (QED) is 0.0698. The van der Waals surface area contributed by atoms with Gasteiger partial charge in [0.25, 0.3) is 23.4 Å². The highest BCUT2D eigenvalue weighted by Crippen LogP contribution is 2.65. The van der Waals surface area contributed by atoms with Crippen LogP contribution in [0, 0.1) is 52.5 Å². The molecule has 8 rings (SSSR count). The fraction of sp³-hybridized carbons (Fsp3) is 0.265. The van der Waals surface area contributed by atoms with Crippen molar-refractivity contribution in [1.82, 2.24) is 10.0 Å². The number of carbonyl (C=O) groups excluding carboxylic acids is 5. The number of non-ortho nitro benzene ring substituents is 1. The summed E-state index contributed by atoms with van der Waals surface area (Å²) in [5.74, 6) is -3.46. The molecule has 2 bridgehead atoms. The van der Waals surface area contributed by atoms with Gasteiger partial charge in [0.05, 0.1) is 22.3 Å². The molecule has 1 saturated heterocycles. The van der Waals surface area contributed by atoms with Crippen LogP contribution in [0.15, 0.2) is 84.9 Å². The van der Waals surface area contributed by atoms with Crippen LogP contribution in [0.3, 0.4) is 0 Å². The van der Waals surface area contributed by atoms with Gasteiger partial charge in [-0.15, -0.1) is 0 Å². The highest BCUT2D eigenvalue weighted by molar-refractivity contribution is 6.10. The lowest BCUT2D eigenvalue weighted by Crippen LogP contribution is -2.52. The zero-order chi connectivity index (χ0) is 31.6. The Hall–Kier alpha value is -5.45. The minimum Gasteiger partial charge on any atom is -0.423 e. The molecule has 226 valence electrons. The molecular formula is C34H27N3O8. The maximum absolute atomic E-state index is 13.9. The molecule has 1 heterocycles. The molecule has 0 spiro atoms. The van der Waals surface area contributed by atoms with Crippen LogP contribution in [0.5, 0.6) is 5.75 Å². The van der Waals surface area contributed by atoms with Gasteiger partial charge in [-0.2, -0.15) is 5.01 Å². The van der Waals surface area contributed by atoms with Gasteiger partial charge in [0.1, 0.15) is 12.3 Å². The van der Waals surface area contributed by atoms with Crippen LogP contribution in [-0.2, 0) is 9.59 Å². The second kappa shape index (κ2) is 10.6. The van der Waals surface area contributed by atoms with Crippen LogP contribution in [0.1, 0.15) is 43.1 Å². The lowest BCUT2D eigenvalue weighted by atomic mass is 9.63. The molecular weight excluding hydrogens is 578 g/mol. The summed E-state index contributed by atoms with van der Waals surface area (Å²) in [6.07, 6.45) is 4.99. The van der Waals surface area contributed by atoms with E-state index in [0.717, 1.165) is 34.1 Å². The van der Waals surface area contributed by atoms with E-state index in [2.05, 4.69) is 0 Å². The molecule has 11 heteroatoms.